The highest BCUT2D eigenvalue weighted by Crippen LogP contribution is 2.23. The molecular weight excluding hydrogens is 349 g/mol. The fourth-order valence-electron chi connectivity index (χ4n) is 1.54. The van der Waals surface area contributed by atoms with Crippen LogP contribution in [0.2, 0.25) is 5.02 Å². The van der Waals surface area contributed by atoms with Crippen molar-refractivity contribution in [2.24, 2.45) is 7.05 Å². The Morgan fingerprint density at radius 1 is 1.47 bits per heavy atom. The molecule has 0 fully saturated rings. The van der Waals surface area contributed by atoms with Crippen LogP contribution in [0.4, 0.5) is 5.69 Å². The average molecular weight is 362 g/mol. The molecule has 17 heavy (non-hydrogen) atoms. The second-order valence-electron chi connectivity index (χ2n) is 3.86. The van der Waals surface area contributed by atoms with Crippen molar-refractivity contribution in [3.8, 4) is 0 Å². The Bertz CT molecular complexity index is 537. The van der Waals surface area contributed by atoms with Gasteiger partial charge < -0.3 is 5.32 Å². The van der Waals surface area contributed by atoms with E-state index >= 15 is 0 Å². The second-order valence-corrected chi connectivity index (χ2v) is 5.46. The van der Waals surface area contributed by atoms with Gasteiger partial charge in [0.1, 0.15) is 0 Å². The molecule has 0 aliphatic rings. The van der Waals surface area contributed by atoms with Gasteiger partial charge in [0.05, 0.1) is 6.20 Å². The number of hydrogen-bond donors (Lipinski definition) is 1. The van der Waals surface area contributed by atoms with E-state index in [4.69, 9.17) is 11.6 Å². The van der Waals surface area contributed by atoms with Crippen molar-refractivity contribution in [3.05, 3.63) is 44.2 Å². The molecule has 1 aromatic heterocycles. The molecule has 2 aromatic rings. The van der Waals surface area contributed by atoms with E-state index in [1.54, 1.807) is 0 Å². The van der Waals surface area contributed by atoms with Crippen LogP contribution in [0.25, 0.3) is 0 Å². The summed E-state index contributed by atoms with van der Waals surface area (Å²) in [6.07, 6.45) is 1.89. The van der Waals surface area contributed by atoms with Crippen LogP contribution in [0, 0.1) is 10.5 Å². The van der Waals surface area contributed by atoms with Gasteiger partial charge in [-0.2, -0.15) is 5.10 Å². The molecule has 0 aliphatic heterocycles. The third-order valence-corrected chi connectivity index (χ3v) is 3.86. The van der Waals surface area contributed by atoms with Gasteiger partial charge in [0.2, 0.25) is 0 Å². The van der Waals surface area contributed by atoms with E-state index in [9.17, 15) is 0 Å². The van der Waals surface area contributed by atoms with E-state index < -0.39 is 0 Å². The Kier molecular flexibility index (Phi) is 3.93. The summed E-state index contributed by atoms with van der Waals surface area (Å²) in [5, 5.41) is 8.37. The molecule has 1 heterocycles. The summed E-state index contributed by atoms with van der Waals surface area (Å²) in [6.45, 7) is 2.84. The molecular formula is C12H13ClIN3. The largest absolute Gasteiger partial charge is 0.380 e. The van der Waals surface area contributed by atoms with Crippen molar-refractivity contribution in [1.82, 2.24) is 9.78 Å². The van der Waals surface area contributed by atoms with Gasteiger partial charge in [0.25, 0.3) is 0 Å². The molecule has 0 bridgehead atoms. The summed E-state index contributed by atoms with van der Waals surface area (Å²) in [7, 11) is 1.95. The molecule has 0 atom stereocenters. The highest BCUT2D eigenvalue weighted by atomic mass is 127. The Labute approximate surface area is 119 Å². The lowest BCUT2D eigenvalue weighted by atomic mass is 10.2. The third-order valence-electron chi connectivity index (χ3n) is 2.74. The lowest BCUT2D eigenvalue weighted by Crippen LogP contribution is -2.02. The molecule has 1 aromatic carbocycles. The van der Waals surface area contributed by atoms with Crippen molar-refractivity contribution in [2.75, 3.05) is 5.32 Å². The first-order chi connectivity index (χ1) is 8.08. The van der Waals surface area contributed by atoms with Crippen LogP contribution < -0.4 is 5.32 Å². The topological polar surface area (TPSA) is 29.9 Å². The summed E-state index contributed by atoms with van der Waals surface area (Å²) in [6, 6.07) is 5.83. The minimum atomic E-state index is 0.762. The first-order valence-electron chi connectivity index (χ1n) is 5.24. The third kappa shape index (κ3) is 2.93. The zero-order valence-electron chi connectivity index (χ0n) is 9.67. The molecule has 3 nitrogen and oxygen atoms in total. The Hall–Kier alpha value is -0.750. The van der Waals surface area contributed by atoms with Crippen molar-refractivity contribution in [3.63, 3.8) is 0 Å². The number of halogens is 2. The number of nitrogens with one attached hydrogen (secondary N) is 1. The normalized spacial score (nSPS) is 10.6. The smallest absolute Gasteiger partial charge is 0.0542 e. The van der Waals surface area contributed by atoms with Gasteiger partial charge in [-0.25, -0.2) is 0 Å². The number of hydrogen-bond acceptors (Lipinski definition) is 2. The van der Waals surface area contributed by atoms with Crippen molar-refractivity contribution >= 4 is 39.9 Å². The zero-order chi connectivity index (χ0) is 12.4. The van der Waals surface area contributed by atoms with E-state index in [2.05, 4.69) is 39.9 Å². The number of nitrogens with zero attached hydrogens (tertiary/aromatic N) is 2. The molecule has 0 aliphatic carbocycles. The van der Waals surface area contributed by atoms with Crippen molar-refractivity contribution < 1.29 is 0 Å². The minimum absolute atomic E-state index is 0.762. The van der Waals surface area contributed by atoms with Gasteiger partial charge >= 0.3 is 0 Å². The van der Waals surface area contributed by atoms with Crippen LogP contribution >= 0.6 is 34.2 Å². The molecule has 0 spiro atoms. The number of benzene rings is 1. The van der Waals surface area contributed by atoms with Gasteiger partial charge in [-0.1, -0.05) is 11.6 Å². The maximum atomic E-state index is 5.92. The van der Waals surface area contributed by atoms with Crippen LogP contribution in [0.3, 0.4) is 0 Å². The lowest BCUT2D eigenvalue weighted by molar-refractivity contribution is 0.738. The summed E-state index contributed by atoms with van der Waals surface area (Å²) in [5.41, 5.74) is 3.48. The standard InChI is InChI=1S/C12H13ClIN3/c1-8-9(7-16-17(8)2)6-15-12-4-3-10(13)5-11(12)14/h3-5,7,15H,6H2,1-2H3. The molecule has 0 saturated heterocycles. The minimum Gasteiger partial charge on any atom is -0.380 e. The fraction of sp³-hybridized carbons (Fsp3) is 0.250. The van der Waals surface area contributed by atoms with Crippen LogP contribution in [0.1, 0.15) is 11.3 Å². The summed E-state index contributed by atoms with van der Waals surface area (Å²) >= 11 is 8.19. The second kappa shape index (κ2) is 5.27. The van der Waals surface area contributed by atoms with Gasteiger partial charge in [-0.15, -0.1) is 0 Å². The first kappa shape index (κ1) is 12.7. The summed E-state index contributed by atoms with van der Waals surface area (Å²) in [4.78, 5) is 0. The number of anilines is 1. The molecule has 0 radical (unpaired) electrons. The van der Waals surface area contributed by atoms with E-state index in [0.29, 0.717) is 0 Å². The van der Waals surface area contributed by atoms with E-state index in [0.717, 1.165) is 20.8 Å². The van der Waals surface area contributed by atoms with Crippen LogP contribution in [-0.2, 0) is 13.6 Å². The van der Waals surface area contributed by atoms with Crippen molar-refractivity contribution in [1.29, 1.82) is 0 Å². The molecule has 1 N–H and O–H groups in total. The molecule has 90 valence electrons. The van der Waals surface area contributed by atoms with Gasteiger partial charge in [-0.05, 0) is 47.7 Å². The average Bonchev–Trinajstić information content (AvgIpc) is 2.59. The highest BCUT2D eigenvalue weighted by molar-refractivity contribution is 14.1. The van der Waals surface area contributed by atoms with E-state index in [1.807, 2.05) is 36.1 Å². The quantitative estimate of drug-likeness (QED) is 0.847. The molecule has 0 unspecified atom stereocenters. The molecule has 5 heteroatoms. The Morgan fingerprint density at radius 3 is 2.82 bits per heavy atom. The van der Waals surface area contributed by atoms with Gasteiger partial charge in [0, 0.05) is 39.1 Å². The lowest BCUT2D eigenvalue weighted by Gasteiger charge is -2.08. The number of aromatic nitrogens is 2. The monoisotopic (exact) mass is 361 g/mol. The molecule has 2 rings (SSSR count). The van der Waals surface area contributed by atoms with Gasteiger partial charge in [-0.3, -0.25) is 4.68 Å². The van der Waals surface area contributed by atoms with E-state index in [1.165, 1.54) is 11.3 Å². The predicted molar refractivity (Wildman–Crippen MR) is 79.4 cm³/mol. The maximum absolute atomic E-state index is 5.92. The first-order valence-corrected chi connectivity index (χ1v) is 6.70. The van der Waals surface area contributed by atoms with E-state index in [-0.39, 0.29) is 0 Å². The number of rotatable bonds is 3. The summed E-state index contributed by atoms with van der Waals surface area (Å²) < 4.78 is 3.00. The fourth-order valence-corrected chi connectivity index (χ4v) is 2.60. The van der Waals surface area contributed by atoms with Gasteiger partial charge in [0.15, 0.2) is 0 Å². The highest BCUT2D eigenvalue weighted by Gasteiger charge is 2.05. The van der Waals surface area contributed by atoms with Crippen LogP contribution in [0.5, 0.6) is 0 Å². The van der Waals surface area contributed by atoms with Crippen molar-refractivity contribution in [2.45, 2.75) is 13.5 Å². The number of aryl methyl sites for hydroxylation is 1. The predicted octanol–water partition coefficient (Wildman–Crippen LogP) is 3.60. The van der Waals surface area contributed by atoms with Crippen LogP contribution in [-0.4, -0.2) is 9.78 Å². The molecule has 0 amide bonds. The Balaban J connectivity index is 2.10. The molecule has 0 saturated carbocycles. The van der Waals surface area contributed by atoms with Crippen LogP contribution in [0.15, 0.2) is 24.4 Å². The SMILES string of the molecule is Cc1c(CNc2ccc(Cl)cc2I)cnn1C. The Morgan fingerprint density at radius 2 is 2.24 bits per heavy atom. The zero-order valence-corrected chi connectivity index (χ0v) is 12.6. The maximum Gasteiger partial charge on any atom is 0.0542 e. The summed E-state index contributed by atoms with van der Waals surface area (Å²) in [5.74, 6) is 0.